The third-order valence-electron chi connectivity index (χ3n) is 2.84. The second-order valence-corrected chi connectivity index (χ2v) is 4.04. The molecule has 1 aliphatic rings. The molecule has 0 aliphatic heterocycles. The van der Waals surface area contributed by atoms with E-state index in [-0.39, 0.29) is 0 Å². The standard InChI is InChI=1S/C13H18N2/c1-2-4-12(3-1)5-10-15-11-13-6-8-14-9-7-13/h3,6-9,15H,1-2,4-5,10-11H2. The van der Waals surface area contributed by atoms with Crippen molar-refractivity contribution in [2.24, 2.45) is 0 Å². The van der Waals surface area contributed by atoms with Gasteiger partial charge in [-0.1, -0.05) is 11.6 Å². The van der Waals surface area contributed by atoms with Crippen LogP contribution in [0.2, 0.25) is 0 Å². The van der Waals surface area contributed by atoms with Gasteiger partial charge in [-0.15, -0.1) is 0 Å². The molecule has 1 aromatic heterocycles. The van der Waals surface area contributed by atoms with Gasteiger partial charge in [0.2, 0.25) is 0 Å². The van der Waals surface area contributed by atoms with Gasteiger partial charge in [-0.3, -0.25) is 4.98 Å². The van der Waals surface area contributed by atoms with Crippen LogP contribution in [0.25, 0.3) is 0 Å². The van der Waals surface area contributed by atoms with Crippen molar-refractivity contribution in [1.29, 1.82) is 0 Å². The molecule has 0 unspecified atom stereocenters. The molecule has 2 heteroatoms. The van der Waals surface area contributed by atoms with Gasteiger partial charge in [0.1, 0.15) is 0 Å². The molecule has 1 N–H and O–H groups in total. The van der Waals surface area contributed by atoms with E-state index < -0.39 is 0 Å². The van der Waals surface area contributed by atoms with Crippen LogP contribution in [0.1, 0.15) is 31.2 Å². The van der Waals surface area contributed by atoms with E-state index in [1.807, 2.05) is 12.4 Å². The molecule has 15 heavy (non-hydrogen) atoms. The van der Waals surface area contributed by atoms with E-state index in [4.69, 9.17) is 0 Å². The normalized spacial score (nSPS) is 15.3. The zero-order valence-corrected chi connectivity index (χ0v) is 9.08. The molecule has 0 amide bonds. The molecular formula is C13H18N2. The molecule has 1 aromatic rings. The lowest BCUT2D eigenvalue weighted by Crippen LogP contribution is -2.14. The first-order valence-electron chi connectivity index (χ1n) is 5.73. The minimum Gasteiger partial charge on any atom is -0.312 e. The molecule has 0 atom stereocenters. The number of allylic oxidation sites excluding steroid dienone is 1. The minimum atomic E-state index is 0.954. The van der Waals surface area contributed by atoms with Crippen LogP contribution in [0.15, 0.2) is 36.2 Å². The Morgan fingerprint density at radius 3 is 2.87 bits per heavy atom. The predicted molar refractivity (Wildman–Crippen MR) is 62.5 cm³/mol. The van der Waals surface area contributed by atoms with Gasteiger partial charge in [0, 0.05) is 18.9 Å². The van der Waals surface area contributed by atoms with E-state index in [2.05, 4.69) is 28.5 Å². The van der Waals surface area contributed by atoms with Crippen molar-refractivity contribution in [2.75, 3.05) is 6.54 Å². The van der Waals surface area contributed by atoms with Gasteiger partial charge < -0.3 is 5.32 Å². The SMILES string of the molecule is C1=C(CCNCc2ccncc2)CCC1. The van der Waals surface area contributed by atoms with E-state index in [1.165, 1.54) is 31.2 Å². The highest BCUT2D eigenvalue weighted by molar-refractivity contribution is 5.10. The van der Waals surface area contributed by atoms with Gasteiger partial charge in [-0.05, 0) is 49.9 Å². The summed E-state index contributed by atoms with van der Waals surface area (Å²) in [7, 11) is 0. The molecule has 0 saturated carbocycles. The smallest absolute Gasteiger partial charge is 0.0271 e. The number of hydrogen-bond acceptors (Lipinski definition) is 2. The Morgan fingerprint density at radius 1 is 1.27 bits per heavy atom. The third kappa shape index (κ3) is 3.48. The molecule has 2 nitrogen and oxygen atoms in total. The second-order valence-electron chi connectivity index (χ2n) is 4.04. The Bertz CT molecular complexity index is 317. The van der Waals surface area contributed by atoms with E-state index in [0.29, 0.717) is 0 Å². The Kier molecular flexibility index (Phi) is 3.92. The van der Waals surface area contributed by atoms with E-state index in [9.17, 15) is 0 Å². The molecular weight excluding hydrogens is 184 g/mol. The number of nitrogens with zero attached hydrogens (tertiary/aromatic N) is 1. The van der Waals surface area contributed by atoms with E-state index >= 15 is 0 Å². The molecule has 0 fully saturated rings. The van der Waals surface area contributed by atoms with Crippen LogP contribution in [-0.2, 0) is 6.54 Å². The predicted octanol–water partition coefficient (Wildman–Crippen LogP) is 2.67. The third-order valence-corrected chi connectivity index (χ3v) is 2.84. The largest absolute Gasteiger partial charge is 0.312 e. The molecule has 0 aromatic carbocycles. The number of rotatable bonds is 5. The summed E-state index contributed by atoms with van der Waals surface area (Å²) < 4.78 is 0. The maximum Gasteiger partial charge on any atom is 0.0271 e. The number of aromatic nitrogens is 1. The highest BCUT2D eigenvalue weighted by Crippen LogP contribution is 2.19. The van der Waals surface area contributed by atoms with E-state index in [1.54, 1.807) is 5.57 Å². The Morgan fingerprint density at radius 2 is 2.13 bits per heavy atom. The summed E-state index contributed by atoms with van der Waals surface area (Å²) in [5.74, 6) is 0. The minimum absolute atomic E-state index is 0.954. The summed E-state index contributed by atoms with van der Waals surface area (Å²) in [5, 5.41) is 3.46. The van der Waals surface area contributed by atoms with E-state index in [0.717, 1.165) is 13.1 Å². The van der Waals surface area contributed by atoms with Gasteiger partial charge in [-0.25, -0.2) is 0 Å². The van der Waals surface area contributed by atoms with Crippen molar-refractivity contribution >= 4 is 0 Å². The van der Waals surface area contributed by atoms with Crippen LogP contribution in [0.5, 0.6) is 0 Å². The fourth-order valence-electron chi connectivity index (χ4n) is 1.95. The lowest BCUT2D eigenvalue weighted by molar-refractivity contribution is 0.675. The monoisotopic (exact) mass is 202 g/mol. The highest BCUT2D eigenvalue weighted by Gasteiger charge is 2.03. The summed E-state index contributed by atoms with van der Waals surface area (Å²) in [6, 6.07) is 4.11. The fourth-order valence-corrected chi connectivity index (χ4v) is 1.95. The van der Waals surface area contributed by atoms with Crippen LogP contribution >= 0.6 is 0 Å². The zero-order chi connectivity index (χ0) is 10.3. The fraction of sp³-hybridized carbons (Fsp3) is 0.462. The highest BCUT2D eigenvalue weighted by atomic mass is 14.8. The molecule has 2 rings (SSSR count). The maximum atomic E-state index is 4.00. The second kappa shape index (κ2) is 5.66. The molecule has 80 valence electrons. The summed E-state index contributed by atoms with van der Waals surface area (Å²) in [5.41, 5.74) is 2.95. The van der Waals surface area contributed by atoms with Crippen molar-refractivity contribution in [2.45, 2.75) is 32.2 Å². The number of nitrogens with one attached hydrogen (secondary N) is 1. The van der Waals surface area contributed by atoms with Crippen LogP contribution in [0, 0.1) is 0 Å². The quantitative estimate of drug-likeness (QED) is 0.586. The summed E-state index contributed by atoms with van der Waals surface area (Å²) in [6.07, 6.45) is 11.3. The lowest BCUT2D eigenvalue weighted by Gasteiger charge is -2.05. The maximum absolute atomic E-state index is 4.00. The Labute approximate surface area is 91.4 Å². The van der Waals surface area contributed by atoms with Crippen LogP contribution < -0.4 is 5.32 Å². The van der Waals surface area contributed by atoms with Gasteiger partial charge in [0.15, 0.2) is 0 Å². The first-order valence-corrected chi connectivity index (χ1v) is 5.73. The van der Waals surface area contributed by atoms with Crippen molar-refractivity contribution in [3.63, 3.8) is 0 Å². The molecule has 0 bridgehead atoms. The summed E-state index contributed by atoms with van der Waals surface area (Å²) >= 11 is 0. The molecule has 0 radical (unpaired) electrons. The van der Waals surface area contributed by atoms with Crippen molar-refractivity contribution < 1.29 is 0 Å². The van der Waals surface area contributed by atoms with Crippen molar-refractivity contribution in [1.82, 2.24) is 10.3 Å². The first-order chi connectivity index (χ1) is 7.45. The molecule has 1 aliphatic carbocycles. The van der Waals surface area contributed by atoms with Crippen LogP contribution in [0.4, 0.5) is 0 Å². The van der Waals surface area contributed by atoms with Gasteiger partial charge >= 0.3 is 0 Å². The zero-order valence-electron chi connectivity index (χ0n) is 9.08. The topological polar surface area (TPSA) is 24.9 Å². The molecule has 1 heterocycles. The molecule has 0 saturated heterocycles. The van der Waals surface area contributed by atoms with Gasteiger partial charge in [0.05, 0.1) is 0 Å². The van der Waals surface area contributed by atoms with Gasteiger partial charge in [-0.2, -0.15) is 0 Å². The lowest BCUT2D eigenvalue weighted by atomic mass is 10.1. The van der Waals surface area contributed by atoms with Crippen molar-refractivity contribution in [3.05, 3.63) is 41.7 Å². The average Bonchev–Trinajstić information content (AvgIpc) is 2.79. The van der Waals surface area contributed by atoms with Crippen LogP contribution in [0.3, 0.4) is 0 Å². The Balaban J connectivity index is 1.63. The average molecular weight is 202 g/mol. The first kappa shape index (κ1) is 10.4. The summed E-state index contributed by atoms with van der Waals surface area (Å²) in [4.78, 5) is 4.00. The Hall–Kier alpha value is -1.15. The number of hydrogen-bond donors (Lipinski definition) is 1. The van der Waals surface area contributed by atoms with Crippen molar-refractivity contribution in [3.8, 4) is 0 Å². The molecule has 0 spiro atoms. The summed E-state index contributed by atoms with van der Waals surface area (Å²) in [6.45, 7) is 2.05. The van der Waals surface area contributed by atoms with Gasteiger partial charge in [0.25, 0.3) is 0 Å². The van der Waals surface area contributed by atoms with Crippen LogP contribution in [-0.4, -0.2) is 11.5 Å². The number of pyridine rings is 1.